The van der Waals surface area contributed by atoms with Gasteiger partial charge in [0.2, 0.25) is 0 Å². The molecule has 2 nitrogen and oxygen atoms in total. The first-order chi connectivity index (χ1) is 7.42. The second-order valence-corrected chi connectivity index (χ2v) is 6.87. The molecule has 1 aliphatic carbocycles. The van der Waals surface area contributed by atoms with Crippen LogP contribution in [0.2, 0.25) is 0 Å². The molecule has 1 rings (SSSR count). The SMILES string of the molecule is CC1=CCC(C(C)(C)SCCC(=O)O)CC1. The number of carboxylic acid groups (broad SMARTS) is 1. The molecule has 3 heteroatoms. The maximum absolute atomic E-state index is 10.5. The first-order valence-electron chi connectivity index (χ1n) is 5.93. The van der Waals surface area contributed by atoms with Crippen LogP contribution < -0.4 is 0 Å². The van der Waals surface area contributed by atoms with E-state index in [0.717, 1.165) is 12.2 Å². The van der Waals surface area contributed by atoms with Gasteiger partial charge in [0, 0.05) is 10.5 Å². The summed E-state index contributed by atoms with van der Waals surface area (Å²) in [6.07, 6.45) is 6.21. The third kappa shape index (κ3) is 4.20. The van der Waals surface area contributed by atoms with Crippen molar-refractivity contribution in [3.8, 4) is 0 Å². The Bertz CT molecular complexity index is 282. The van der Waals surface area contributed by atoms with Gasteiger partial charge in [-0.1, -0.05) is 25.5 Å². The minimum atomic E-state index is -0.692. The average molecular weight is 242 g/mol. The molecular weight excluding hydrogens is 220 g/mol. The van der Waals surface area contributed by atoms with E-state index in [1.165, 1.54) is 18.4 Å². The van der Waals surface area contributed by atoms with E-state index in [9.17, 15) is 4.79 Å². The largest absolute Gasteiger partial charge is 0.481 e. The lowest BCUT2D eigenvalue weighted by atomic mass is 9.82. The second kappa shape index (κ2) is 5.76. The predicted octanol–water partition coefficient (Wildman–Crippen LogP) is 3.72. The fourth-order valence-corrected chi connectivity index (χ4v) is 3.37. The van der Waals surface area contributed by atoms with Crippen LogP contribution in [0.3, 0.4) is 0 Å². The topological polar surface area (TPSA) is 37.3 Å². The van der Waals surface area contributed by atoms with Gasteiger partial charge in [-0.15, -0.1) is 0 Å². The van der Waals surface area contributed by atoms with Gasteiger partial charge < -0.3 is 5.11 Å². The van der Waals surface area contributed by atoms with Crippen molar-refractivity contribution in [3.05, 3.63) is 11.6 Å². The lowest BCUT2D eigenvalue weighted by Gasteiger charge is -2.35. The third-order valence-corrected chi connectivity index (χ3v) is 4.90. The first kappa shape index (κ1) is 13.6. The van der Waals surface area contributed by atoms with Crippen molar-refractivity contribution in [2.24, 2.45) is 5.92 Å². The van der Waals surface area contributed by atoms with Gasteiger partial charge in [-0.05, 0) is 32.1 Å². The highest BCUT2D eigenvalue weighted by Gasteiger charge is 2.30. The summed E-state index contributed by atoms with van der Waals surface area (Å²) in [7, 11) is 0. The smallest absolute Gasteiger partial charge is 0.304 e. The molecule has 0 spiro atoms. The number of aliphatic carboxylic acids is 1. The fourth-order valence-electron chi connectivity index (χ4n) is 2.12. The number of rotatable bonds is 5. The number of carboxylic acids is 1. The molecule has 0 aliphatic heterocycles. The summed E-state index contributed by atoms with van der Waals surface area (Å²) >= 11 is 1.80. The maximum atomic E-state index is 10.5. The summed E-state index contributed by atoms with van der Waals surface area (Å²) in [5.41, 5.74) is 1.50. The molecule has 0 fully saturated rings. The Labute approximate surface area is 103 Å². The summed E-state index contributed by atoms with van der Waals surface area (Å²) in [5, 5.41) is 8.63. The van der Waals surface area contributed by atoms with Gasteiger partial charge in [0.25, 0.3) is 0 Å². The van der Waals surface area contributed by atoms with Crippen molar-refractivity contribution in [1.29, 1.82) is 0 Å². The molecule has 0 aromatic rings. The summed E-state index contributed by atoms with van der Waals surface area (Å²) < 4.78 is 0.201. The van der Waals surface area contributed by atoms with Gasteiger partial charge in [-0.3, -0.25) is 4.79 Å². The molecule has 0 amide bonds. The van der Waals surface area contributed by atoms with Crippen LogP contribution in [-0.2, 0) is 4.79 Å². The van der Waals surface area contributed by atoms with Crippen LogP contribution in [-0.4, -0.2) is 21.6 Å². The zero-order chi connectivity index (χ0) is 12.2. The minimum absolute atomic E-state index is 0.201. The van der Waals surface area contributed by atoms with Crippen molar-refractivity contribution in [1.82, 2.24) is 0 Å². The molecule has 0 saturated heterocycles. The van der Waals surface area contributed by atoms with Crippen molar-refractivity contribution >= 4 is 17.7 Å². The maximum Gasteiger partial charge on any atom is 0.304 e. The quantitative estimate of drug-likeness (QED) is 0.747. The molecule has 0 heterocycles. The Morgan fingerprint density at radius 3 is 2.81 bits per heavy atom. The molecule has 1 atom stereocenters. The summed E-state index contributed by atoms with van der Waals surface area (Å²) in [6.45, 7) is 6.69. The van der Waals surface area contributed by atoms with Crippen LogP contribution in [0.4, 0.5) is 0 Å². The van der Waals surface area contributed by atoms with Gasteiger partial charge in [-0.25, -0.2) is 0 Å². The van der Waals surface area contributed by atoms with E-state index >= 15 is 0 Å². The number of allylic oxidation sites excluding steroid dienone is 2. The van der Waals surface area contributed by atoms with Crippen molar-refractivity contribution < 1.29 is 9.90 Å². The van der Waals surface area contributed by atoms with E-state index in [1.807, 2.05) is 0 Å². The predicted molar refractivity (Wildman–Crippen MR) is 69.9 cm³/mol. The highest BCUT2D eigenvalue weighted by molar-refractivity contribution is 8.00. The van der Waals surface area contributed by atoms with E-state index in [4.69, 9.17) is 5.11 Å². The van der Waals surface area contributed by atoms with Gasteiger partial charge in [0.05, 0.1) is 6.42 Å². The van der Waals surface area contributed by atoms with Crippen molar-refractivity contribution in [2.75, 3.05) is 5.75 Å². The standard InChI is InChI=1S/C13H22O2S/c1-10-4-6-11(7-5-10)13(2,3)16-9-8-12(14)15/h4,11H,5-9H2,1-3H3,(H,14,15). The van der Waals surface area contributed by atoms with Crippen LogP contribution in [0.5, 0.6) is 0 Å². The first-order valence-corrected chi connectivity index (χ1v) is 6.92. The third-order valence-electron chi connectivity index (χ3n) is 3.41. The van der Waals surface area contributed by atoms with Crippen LogP contribution >= 0.6 is 11.8 Å². The fraction of sp³-hybridized carbons (Fsp3) is 0.769. The molecule has 92 valence electrons. The second-order valence-electron chi connectivity index (χ2n) is 5.12. The Hall–Kier alpha value is -0.440. The Morgan fingerprint density at radius 2 is 2.31 bits per heavy atom. The zero-order valence-corrected chi connectivity index (χ0v) is 11.3. The minimum Gasteiger partial charge on any atom is -0.481 e. The monoisotopic (exact) mass is 242 g/mol. The summed E-state index contributed by atoms with van der Waals surface area (Å²) in [5.74, 6) is 0.722. The zero-order valence-electron chi connectivity index (χ0n) is 10.5. The summed E-state index contributed by atoms with van der Waals surface area (Å²) in [4.78, 5) is 10.5. The lowest BCUT2D eigenvalue weighted by Crippen LogP contribution is -2.29. The molecule has 1 N–H and O–H groups in total. The number of thioether (sulfide) groups is 1. The Kier molecular flexibility index (Phi) is 4.90. The van der Waals surface area contributed by atoms with Crippen LogP contribution in [0.25, 0.3) is 0 Å². The number of hydrogen-bond acceptors (Lipinski definition) is 2. The van der Waals surface area contributed by atoms with E-state index in [0.29, 0.717) is 5.92 Å². The molecule has 0 saturated carbocycles. The van der Waals surface area contributed by atoms with Crippen LogP contribution in [0, 0.1) is 5.92 Å². The molecular formula is C13H22O2S. The van der Waals surface area contributed by atoms with E-state index < -0.39 is 5.97 Å². The van der Waals surface area contributed by atoms with Crippen LogP contribution in [0.15, 0.2) is 11.6 Å². The van der Waals surface area contributed by atoms with Crippen LogP contribution in [0.1, 0.15) is 46.5 Å². The van der Waals surface area contributed by atoms with E-state index in [-0.39, 0.29) is 11.2 Å². The Morgan fingerprint density at radius 1 is 1.62 bits per heavy atom. The highest BCUT2D eigenvalue weighted by Crippen LogP contribution is 2.40. The van der Waals surface area contributed by atoms with Gasteiger partial charge in [0.15, 0.2) is 0 Å². The van der Waals surface area contributed by atoms with Crippen molar-refractivity contribution in [3.63, 3.8) is 0 Å². The van der Waals surface area contributed by atoms with E-state index in [1.54, 1.807) is 11.8 Å². The number of carbonyl (C=O) groups is 1. The molecule has 1 unspecified atom stereocenters. The molecule has 0 aromatic heterocycles. The van der Waals surface area contributed by atoms with Gasteiger partial charge >= 0.3 is 5.97 Å². The normalized spacial score (nSPS) is 21.7. The van der Waals surface area contributed by atoms with E-state index in [2.05, 4.69) is 26.8 Å². The molecule has 0 bridgehead atoms. The average Bonchev–Trinajstić information content (AvgIpc) is 2.17. The molecule has 1 aliphatic rings. The van der Waals surface area contributed by atoms with Crippen molar-refractivity contribution in [2.45, 2.75) is 51.2 Å². The summed E-state index contributed by atoms with van der Waals surface area (Å²) in [6, 6.07) is 0. The Balaban J connectivity index is 2.41. The molecule has 0 aromatic carbocycles. The highest BCUT2D eigenvalue weighted by atomic mass is 32.2. The van der Waals surface area contributed by atoms with Gasteiger partial charge in [-0.2, -0.15) is 11.8 Å². The lowest BCUT2D eigenvalue weighted by molar-refractivity contribution is -0.136. The molecule has 16 heavy (non-hydrogen) atoms. The van der Waals surface area contributed by atoms with Gasteiger partial charge in [0.1, 0.15) is 0 Å². The molecule has 0 radical (unpaired) electrons. The number of hydrogen-bond donors (Lipinski definition) is 1.